The summed E-state index contributed by atoms with van der Waals surface area (Å²) >= 11 is 4.66. The molecule has 0 radical (unpaired) electrons. The molecule has 0 heterocycles. The normalized spacial score (nSPS) is 9.56. The van der Waals surface area contributed by atoms with Crippen LogP contribution in [-0.4, -0.2) is 17.5 Å². The number of amides is 1. The standard InChI is InChI=1S/C11H14N2O2S/c1-2-15-9-6-4-3-5-8(9)13-11(14)7-10(12)16/h3-6H,2,7H2,1H3,(H2,12,16)(H,13,14). The average molecular weight is 238 g/mol. The first-order chi connectivity index (χ1) is 7.63. The van der Waals surface area contributed by atoms with Crippen LogP contribution in [0.1, 0.15) is 13.3 Å². The van der Waals surface area contributed by atoms with Crippen molar-refractivity contribution in [3.63, 3.8) is 0 Å². The first kappa shape index (κ1) is 12.4. The minimum absolute atomic E-state index is 0.0375. The Bertz CT molecular complexity index is 393. The monoisotopic (exact) mass is 238 g/mol. The van der Waals surface area contributed by atoms with E-state index in [1.807, 2.05) is 19.1 Å². The van der Waals surface area contributed by atoms with E-state index in [0.29, 0.717) is 18.0 Å². The summed E-state index contributed by atoms with van der Waals surface area (Å²) in [6.45, 7) is 2.43. The SMILES string of the molecule is CCOc1ccccc1NC(=O)CC(N)=S. The number of thiocarbonyl (C=S) groups is 1. The summed E-state index contributed by atoms with van der Waals surface area (Å²) in [5.41, 5.74) is 5.91. The minimum atomic E-state index is -0.236. The van der Waals surface area contributed by atoms with Crippen molar-refractivity contribution in [3.05, 3.63) is 24.3 Å². The first-order valence-electron chi connectivity index (χ1n) is 4.93. The van der Waals surface area contributed by atoms with Crippen molar-refractivity contribution in [3.8, 4) is 5.75 Å². The topological polar surface area (TPSA) is 64.3 Å². The predicted octanol–water partition coefficient (Wildman–Crippen LogP) is 1.70. The Morgan fingerprint density at radius 2 is 2.19 bits per heavy atom. The number of benzene rings is 1. The highest BCUT2D eigenvalue weighted by molar-refractivity contribution is 7.80. The Morgan fingerprint density at radius 1 is 1.50 bits per heavy atom. The van der Waals surface area contributed by atoms with E-state index < -0.39 is 0 Å². The van der Waals surface area contributed by atoms with Gasteiger partial charge in [0.1, 0.15) is 5.75 Å². The molecule has 3 N–H and O–H groups in total. The van der Waals surface area contributed by atoms with Gasteiger partial charge in [-0.2, -0.15) is 0 Å². The maximum atomic E-state index is 11.4. The molecule has 0 bridgehead atoms. The molecule has 0 saturated carbocycles. The molecule has 0 saturated heterocycles. The van der Waals surface area contributed by atoms with Gasteiger partial charge in [-0.05, 0) is 19.1 Å². The Morgan fingerprint density at radius 3 is 2.81 bits per heavy atom. The molecule has 86 valence electrons. The Labute approximate surface area is 99.8 Å². The zero-order chi connectivity index (χ0) is 12.0. The van der Waals surface area contributed by atoms with Crippen LogP contribution >= 0.6 is 12.2 Å². The third-order valence-corrected chi connectivity index (χ3v) is 1.94. The molecule has 0 spiro atoms. The third kappa shape index (κ3) is 3.86. The molecule has 0 aromatic heterocycles. The van der Waals surface area contributed by atoms with Gasteiger partial charge in [-0.1, -0.05) is 24.4 Å². The van der Waals surface area contributed by atoms with Gasteiger partial charge in [-0.15, -0.1) is 0 Å². The lowest BCUT2D eigenvalue weighted by atomic mass is 10.3. The Hall–Kier alpha value is -1.62. The fourth-order valence-electron chi connectivity index (χ4n) is 1.20. The molecule has 5 heteroatoms. The molecule has 1 rings (SSSR count). The van der Waals surface area contributed by atoms with E-state index in [1.54, 1.807) is 12.1 Å². The van der Waals surface area contributed by atoms with Crippen LogP contribution in [-0.2, 0) is 4.79 Å². The molecular weight excluding hydrogens is 224 g/mol. The van der Waals surface area contributed by atoms with Gasteiger partial charge in [0.25, 0.3) is 0 Å². The second kappa shape index (κ2) is 6.07. The predicted molar refractivity (Wildman–Crippen MR) is 67.6 cm³/mol. The zero-order valence-electron chi connectivity index (χ0n) is 9.03. The fraction of sp³-hybridized carbons (Fsp3) is 0.273. The number of nitrogens with one attached hydrogen (secondary N) is 1. The summed E-state index contributed by atoms with van der Waals surface area (Å²) in [4.78, 5) is 11.6. The van der Waals surface area contributed by atoms with Crippen LogP contribution in [0, 0.1) is 0 Å². The molecule has 4 nitrogen and oxygen atoms in total. The van der Waals surface area contributed by atoms with Crippen molar-refractivity contribution in [2.75, 3.05) is 11.9 Å². The number of para-hydroxylation sites is 2. The number of hydrogen-bond acceptors (Lipinski definition) is 3. The quantitative estimate of drug-likeness (QED) is 0.766. The van der Waals surface area contributed by atoms with Crippen LogP contribution in [0.3, 0.4) is 0 Å². The summed E-state index contributed by atoms with van der Waals surface area (Å²) in [5, 5.41) is 2.70. The molecule has 0 unspecified atom stereocenters. The van der Waals surface area contributed by atoms with Crippen LogP contribution in [0.15, 0.2) is 24.3 Å². The lowest BCUT2D eigenvalue weighted by Crippen LogP contribution is -2.20. The first-order valence-corrected chi connectivity index (χ1v) is 5.34. The summed E-state index contributed by atoms with van der Waals surface area (Å²) in [7, 11) is 0. The number of nitrogens with two attached hydrogens (primary N) is 1. The number of anilines is 1. The van der Waals surface area contributed by atoms with Gasteiger partial charge in [0, 0.05) is 0 Å². The highest BCUT2D eigenvalue weighted by atomic mass is 32.1. The molecule has 1 aromatic carbocycles. The van der Waals surface area contributed by atoms with Gasteiger partial charge < -0.3 is 15.8 Å². The van der Waals surface area contributed by atoms with Crippen molar-refractivity contribution < 1.29 is 9.53 Å². The van der Waals surface area contributed by atoms with Gasteiger partial charge in [0.2, 0.25) is 5.91 Å². The third-order valence-electron chi connectivity index (χ3n) is 1.80. The lowest BCUT2D eigenvalue weighted by Gasteiger charge is -2.10. The summed E-state index contributed by atoms with van der Waals surface area (Å²) in [6, 6.07) is 7.22. The second-order valence-electron chi connectivity index (χ2n) is 3.12. The van der Waals surface area contributed by atoms with Crippen LogP contribution < -0.4 is 15.8 Å². The van der Waals surface area contributed by atoms with Crippen LogP contribution in [0.2, 0.25) is 0 Å². The van der Waals surface area contributed by atoms with Gasteiger partial charge in [-0.25, -0.2) is 0 Å². The van der Waals surface area contributed by atoms with E-state index in [0.717, 1.165) is 0 Å². The van der Waals surface area contributed by atoms with Crippen LogP contribution in [0.4, 0.5) is 5.69 Å². The number of carbonyl (C=O) groups is 1. The van der Waals surface area contributed by atoms with Crippen molar-refractivity contribution in [2.24, 2.45) is 5.73 Å². The molecule has 0 aliphatic rings. The van der Waals surface area contributed by atoms with E-state index in [9.17, 15) is 4.79 Å². The maximum Gasteiger partial charge on any atom is 0.231 e. The van der Waals surface area contributed by atoms with E-state index in [1.165, 1.54) is 0 Å². The highest BCUT2D eigenvalue weighted by Gasteiger charge is 2.07. The average Bonchev–Trinajstić information content (AvgIpc) is 2.20. The van der Waals surface area contributed by atoms with E-state index >= 15 is 0 Å². The maximum absolute atomic E-state index is 11.4. The number of ether oxygens (including phenoxy) is 1. The Kier molecular flexibility index (Phi) is 4.72. The smallest absolute Gasteiger partial charge is 0.231 e. The van der Waals surface area contributed by atoms with Gasteiger partial charge in [0.15, 0.2) is 0 Å². The number of rotatable bonds is 5. The summed E-state index contributed by atoms with van der Waals surface area (Å²) in [5.74, 6) is 0.404. The second-order valence-corrected chi connectivity index (χ2v) is 3.64. The number of hydrogen-bond donors (Lipinski definition) is 2. The molecule has 16 heavy (non-hydrogen) atoms. The van der Waals surface area contributed by atoms with Crippen molar-refractivity contribution in [1.82, 2.24) is 0 Å². The fourth-order valence-corrected chi connectivity index (χ4v) is 1.34. The summed E-state index contributed by atoms with van der Waals surface area (Å²) in [6.07, 6.45) is 0.0375. The highest BCUT2D eigenvalue weighted by Crippen LogP contribution is 2.23. The van der Waals surface area contributed by atoms with Gasteiger partial charge in [-0.3, -0.25) is 4.79 Å². The van der Waals surface area contributed by atoms with E-state index in [4.69, 9.17) is 10.5 Å². The molecule has 0 fully saturated rings. The van der Waals surface area contributed by atoms with Gasteiger partial charge in [0.05, 0.1) is 23.7 Å². The summed E-state index contributed by atoms with van der Waals surface area (Å²) < 4.78 is 5.36. The molecule has 0 atom stereocenters. The van der Waals surface area contributed by atoms with Crippen LogP contribution in [0.25, 0.3) is 0 Å². The number of carbonyl (C=O) groups excluding carboxylic acids is 1. The van der Waals surface area contributed by atoms with Crippen molar-refractivity contribution >= 4 is 28.8 Å². The molecule has 1 aromatic rings. The molecule has 1 amide bonds. The molecule has 0 aliphatic heterocycles. The zero-order valence-corrected chi connectivity index (χ0v) is 9.84. The van der Waals surface area contributed by atoms with Crippen LogP contribution in [0.5, 0.6) is 5.75 Å². The molecular formula is C11H14N2O2S. The van der Waals surface area contributed by atoms with Gasteiger partial charge >= 0.3 is 0 Å². The van der Waals surface area contributed by atoms with E-state index in [2.05, 4.69) is 17.5 Å². The Balaban J connectivity index is 2.72. The lowest BCUT2D eigenvalue weighted by molar-refractivity contribution is -0.115. The minimum Gasteiger partial charge on any atom is -0.492 e. The van der Waals surface area contributed by atoms with Crippen molar-refractivity contribution in [2.45, 2.75) is 13.3 Å². The van der Waals surface area contributed by atoms with Crippen molar-refractivity contribution in [1.29, 1.82) is 0 Å². The van der Waals surface area contributed by atoms with E-state index in [-0.39, 0.29) is 17.3 Å². The largest absolute Gasteiger partial charge is 0.492 e. The molecule has 0 aliphatic carbocycles.